The highest BCUT2D eigenvalue weighted by molar-refractivity contribution is 5.82. The maximum atomic E-state index is 11.5. The monoisotopic (exact) mass is 330 g/mol. The smallest absolute Gasteiger partial charge is 0.348 e. The van der Waals surface area contributed by atoms with Crippen LogP contribution in [0.4, 0.5) is 0 Å². The van der Waals surface area contributed by atoms with Gasteiger partial charge in [0.1, 0.15) is 5.75 Å². The number of ether oxygens (including phenoxy) is 3. The van der Waals surface area contributed by atoms with Crippen LogP contribution in [0.2, 0.25) is 0 Å². The van der Waals surface area contributed by atoms with E-state index in [1.54, 1.807) is 0 Å². The lowest BCUT2D eigenvalue weighted by atomic mass is 9.89. The molecule has 1 spiro atoms. The molecule has 1 aliphatic heterocycles. The number of hydrogen-bond donors (Lipinski definition) is 1. The minimum Gasteiger partial charge on any atom is -0.478 e. The summed E-state index contributed by atoms with van der Waals surface area (Å²) in [5.41, 5.74) is 2.19. The Labute approximate surface area is 141 Å². The highest BCUT2D eigenvalue weighted by atomic mass is 16.7. The Morgan fingerprint density at radius 1 is 1.21 bits per heavy atom. The first-order valence-corrected chi connectivity index (χ1v) is 8.52. The van der Waals surface area contributed by atoms with Crippen molar-refractivity contribution in [2.45, 2.75) is 50.4 Å². The van der Waals surface area contributed by atoms with E-state index in [0.717, 1.165) is 30.4 Å². The standard InChI is InChI=1S/C19H22O5/c1-13-2-3-15(16(12-13)24-18(8-9-18)17(20)21)14-4-6-19(7-5-14)22-10-11-23-19/h2-4,12H,5-11H2,1H3,(H,20,21). The van der Waals surface area contributed by atoms with Gasteiger partial charge in [-0.1, -0.05) is 18.2 Å². The van der Waals surface area contributed by atoms with Crippen LogP contribution in [0.15, 0.2) is 24.3 Å². The molecule has 0 aromatic heterocycles. The molecule has 0 unspecified atom stereocenters. The van der Waals surface area contributed by atoms with Crippen LogP contribution in [0.1, 0.15) is 43.2 Å². The summed E-state index contributed by atoms with van der Waals surface area (Å²) in [4.78, 5) is 11.5. The van der Waals surface area contributed by atoms with Crippen LogP contribution in [-0.2, 0) is 14.3 Å². The second kappa shape index (κ2) is 5.60. The molecule has 3 aliphatic rings. The number of carboxylic acids is 1. The van der Waals surface area contributed by atoms with Crippen LogP contribution in [0.25, 0.3) is 5.57 Å². The average Bonchev–Trinajstić information content (AvgIpc) is 3.22. The third-order valence-electron chi connectivity index (χ3n) is 5.13. The molecule has 1 aromatic rings. The summed E-state index contributed by atoms with van der Waals surface area (Å²) in [6.07, 6.45) is 5.65. The predicted molar refractivity (Wildman–Crippen MR) is 87.9 cm³/mol. The van der Waals surface area contributed by atoms with Crippen molar-refractivity contribution in [3.8, 4) is 5.75 Å². The molecule has 0 bridgehead atoms. The van der Waals surface area contributed by atoms with Crippen LogP contribution >= 0.6 is 0 Å². The number of benzene rings is 1. The van der Waals surface area contributed by atoms with Gasteiger partial charge in [-0.15, -0.1) is 0 Å². The number of aliphatic carboxylic acids is 1. The molecule has 1 aromatic carbocycles. The lowest BCUT2D eigenvalue weighted by Gasteiger charge is -2.31. The van der Waals surface area contributed by atoms with Gasteiger partial charge in [-0.25, -0.2) is 4.79 Å². The van der Waals surface area contributed by atoms with Crippen LogP contribution in [0.3, 0.4) is 0 Å². The van der Waals surface area contributed by atoms with Crippen LogP contribution in [0, 0.1) is 6.92 Å². The zero-order valence-electron chi connectivity index (χ0n) is 13.8. The molecule has 4 rings (SSSR count). The third-order valence-corrected chi connectivity index (χ3v) is 5.13. The first-order valence-electron chi connectivity index (χ1n) is 8.52. The predicted octanol–water partition coefficient (Wildman–Crippen LogP) is 3.30. The summed E-state index contributed by atoms with van der Waals surface area (Å²) < 4.78 is 17.5. The number of carbonyl (C=O) groups is 1. The van der Waals surface area contributed by atoms with Gasteiger partial charge >= 0.3 is 5.97 Å². The molecule has 2 aliphatic carbocycles. The number of rotatable bonds is 4. The van der Waals surface area contributed by atoms with E-state index in [1.165, 1.54) is 5.57 Å². The first kappa shape index (κ1) is 15.7. The molecule has 1 saturated heterocycles. The fraction of sp³-hybridized carbons (Fsp3) is 0.526. The molecule has 24 heavy (non-hydrogen) atoms. The Balaban J connectivity index is 1.61. The zero-order chi connectivity index (χ0) is 16.8. The highest BCUT2D eigenvalue weighted by Crippen LogP contribution is 2.45. The number of carboxylic acid groups (broad SMARTS) is 1. The van der Waals surface area contributed by atoms with Crippen molar-refractivity contribution in [3.05, 3.63) is 35.4 Å². The molecular formula is C19H22O5. The van der Waals surface area contributed by atoms with E-state index >= 15 is 0 Å². The van der Waals surface area contributed by atoms with Crippen molar-refractivity contribution < 1.29 is 24.1 Å². The fourth-order valence-electron chi connectivity index (χ4n) is 3.47. The molecule has 2 fully saturated rings. The van der Waals surface area contributed by atoms with Gasteiger partial charge in [0.05, 0.1) is 13.2 Å². The van der Waals surface area contributed by atoms with Crippen molar-refractivity contribution in [2.24, 2.45) is 0 Å². The number of aryl methyl sites for hydroxylation is 1. The molecule has 0 atom stereocenters. The molecule has 1 heterocycles. The SMILES string of the molecule is Cc1ccc(C2=CCC3(CC2)OCCO3)c(OC2(C(=O)O)CC2)c1. The van der Waals surface area contributed by atoms with Gasteiger partial charge in [0.25, 0.3) is 0 Å². The van der Waals surface area contributed by atoms with E-state index in [0.29, 0.717) is 31.8 Å². The van der Waals surface area contributed by atoms with Crippen molar-refractivity contribution in [1.29, 1.82) is 0 Å². The summed E-state index contributed by atoms with van der Waals surface area (Å²) >= 11 is 0. The van der Waals surface area contributed by atoms with Crippen molar-refractivity contribution in [1.82, 2.24) is 0 Å². The van der Waals surface area contributed by atoms with E-state index in [-0.39, 0.29) is 0 Å². The van der Waals surface area contributed by atoms with E-state index in [4.69, 9.17) is 14.2 Å². The van der Waals surface area contributed by atoms with Crippen molar-refractivity contribution >= 4 is 11.5 Å². The quantitative estimate of drug-likeness (QED) is 0.917. The van der Waals surface area contributed by atoms with Gasteiger partial charge in [-0.3, -0.25) is 0 Å². The zero-order valence-corrected chi connectivity index (χ0v) is 13.8. The molecule has 1 saturated carbocycles. The van der Waals surface area contributed by atoms with Crippen molar-refractivity contribution in [2.75, 3.05) is 13.2 Å². The van der Waals surface area contributed by atoms with E-state index < -0.39 is 17.4 Å². The Morgan fingerprint density at radius 2 is 1.96 bits per heavy atom. The molecule has 128 valence electrons. The summed E-state index contributed by atoms with van der Waals surface area (Å²) in [6, 6.07) is 6.01. The minimum absolute atomic E-state index is 0.450. The van der Waals surface area contributed by atoms with Crippen LogP contribution in [0.5, 0.6) is 5.75 Å². The minimum atomic E-state index is -1.03. The Bertz CT molecular complexity index is 696. The topological polar surface area (TPSA) is 65.0 Å². The molecule has 5 heteroatoms. The van der Waals surface area contributed by atoms with Gasteiger partial charge in [-0.05, 0) is 30.5 Å². The van der Waals surface area contributed by atoms with Crippen LogP contribution in [-0.4, -0.2) is 35.7 Å². The van der Waals surface area contributed by atoms with Gasteiger partial charge in [0.2, 0.25) is 5.60 Å². The summed E-state index contributed by atoms with van der Waals surface area (Å²) in [5.74, 6) is -0.654. The maximum absolute atomic E-state index is 11.5. The fourth-order valence-corrected chi connectivity index (χ4v) is 3.47. The molecule has 0 radical (unpaired) electrons. The van der Waals surface area contributed by atoms with E-state index in [2.05, 4.69) is 6.08 Å². The van der Waals surface area contributed by atoms with Gasteiger partial charge in [0, 0.05) is 31.2 Å². The Morgan fingerprint density at radius 3 is 2.54 bits per heavy atom. The normalized spacial score (nSPS) is 23.8. The number of hydrogen-bond acceptors (Lipinski definition) is 4. The molecule has 5 nitrogen and oxygen atoms in total. The largest absolute Gasteiger partial charge is 0.478 e. The van der Waals surface area contributed by atoms with Gasteiger partial charge in [-0.2, -0.15) is 0 Å². The van der Waals surface area contributed by atoms with Crippen LogP contribution < -0.4 is 4.74 Å². The Hall–Kier alpha value is -1.85. The average molecular weight is 330 g/mol. The summed E-state index contributed by atoms with van der Waals surface area (Å²) in [7, 11) is 0. The first-order chi connectivity index (χ1) is 11.5. The summed E-state index contributed by atoms with van der Waals surface area (Å²) in [5, 5.41) is 9.40. The highest BCUT2D eigenvalue weighted by Gasteiger charge is 2.53. The molecular weight excluding hydrogens is 308 g/mol. The lowest BCUT2D eigenvalue weighted by molar-refractivity contribution is -0.159. The van der Waals surface area contributed by atoms with Gasteiger partial charge < -0.3 is 19.3 Å². The summed E-state index contributed by atoms with van der Waals surface area (Å²) in [6.45, 7) is 3.30. The number of allylic oxidation sites excluding steroid dienone is 1. The van der Waals surface area contributed by atoms with Crippen molar-refractivity contribution in [3.63, 3.8) is 0 Å². The third kappa shape index (κ3) is 2.72. The lowest BCUT2D eigenvalue weighted by Crippen LogP contribution is -2.32. The second-order valence-corrected chi connectivity index (χ2v) is 6.94. The Kier molecular flexibility index (Phi) is 3.66. The van der Waals surface area contributed by atoms with E-state index in [9.17, 15) is 9.90 Å². The molecule has 0 amide bonds. The van der Waals surface area contributed by atoms with Gasteiger partial charge in [0.15, 0.2) is 5.79 Å². The molecule has 1 N–H and O–H groups in total. The second-order valence-electron chi connectivity index (χ2n) is 6.94. The van der Waals surface area contributed by atoms with E-state index in [1.807, 2.05) is 25.1 Å². The maximum Gasteiger partial charge on any atom is 0.348 e.